The number of carbonyl (C=O) groups excluding carboxylic acids is 3. The maximum absolute atomic E-state index is 13.3. The summed E-state index contributed by atoms with van der Waals surface area (Å²) in [6.45, 7) is 6.52. The molecule has 0 saturated carbocycles. The maximum atomic E-state index is 13.3. The number of piperidine rings is 1. The van der Waals surface area contributed by atoms with Crippen LogP contribution in [0.3, 0.4) is 0 Å². The second-order valence-electron chi connectivity index (χ2n) is 9.13. The molecule has 2 N–H and O–H groups in total. The summed E-state index contributed by atoms with van der Waals surface area (Å²) in [7, 11) is 1.38. The van der Waals surface area contributed by atoms with Crippen LogP contribution in [0.4, 0.5) is 15.6 Å². The first-order valence-electron chi connectivity index (χ1n) is 11.5. The van der Waals surface area contributed by atoms with Gasteiger partial charge in [0, 0.05) is 37.2 Å². The van der Waals surface area contributed by atoms with Crippen LogP contribution in [0.5, 0.6) is 0 Å². The minimum atomic E-state index is -0.248. The van der Waals surface area contributed by atoms with Crippen LogP contribution in [0.25, 0.3) is 0 Å². The second-order valence-corrected chi connectivity index (χ2v) is 9.99. The van der Waals surface area contributed by atoms with Crippen molar-refractivity contribution in [2.45, 2.75) is 33.1 Å². The molecule has 186 valence electrons. The molecule has 2 aromatic rings. The van der Waals surface area contributed by atoms with Crippen molar-refractivity contribution >= 4 is 46.2 Å². The second kappa shape index (κ2) is 10.4. The molecule has 35 heavy (non-hydrogen) atoms. The van der Waals surface area contributed by atoms with E-state index in [0.29, 0.717) is 43.4 Å². The Hall–Kier alpha value is -3.47. The highest BCUT2D eigenvalue weighted by atomic mass is 32.1. The Kier molecular flexibility index (Phi) is 7.34. The van der Waals surface area contributed by atoms with E-state index in [1.54, 1.807) is 10.3 Å². The van der Waals surface area contributed by atoms with E-state index in [1.807, 2.05) is 30.9 Å². The van der Waals surface area contributed by atoms with Crippen LogP contribution in [-0.4, -0.2) is 72.1 Å². The summed E-state index contributed by atoms with van der Waals surface area (Å²) >= 11 is 1.21. The van der Waals surface area contributed by atoms with Crippen molar-refractivity contribution in [3.63, 3.8) is 0 Å². The van der Waals surface area contributed by atoms with Crippen molar-refractivity contribution in [2.24, 2.45) is 10.6 Å². The highest BCUT2D eigenvalue weighted by Crippen LogP contribution is 2.40. The lowest BCUT2D eigenvalue weighted by molar-refractivity contribution is -0.123. The zero-order valence-corrected chi connectivity index (χ0v) is 21.0. The SMILES string of the molecule is CO/N=C(/C(=O)N1CCC2(CCN(C(=O)Nc3ccc(C)cc3C)CC2)C1)c1csc(NC=O)n1. The zero-order valence-electron chi connectivity index (χ0n) is 20.2. The number of benzene rings is 1. The van der Waals surface area contributed by atoms with Crippen LogP contribution in [0, 0.1) is 19.3 Å². The van der Waals surface area contributed by atoms with E-state index in [1.165, 1.54) is 18.4 Å². The molecular weight excluding hydrogens is 468 g/mol. The molecule has 10 nitrogen and oxygen atoms in total. The lowest BCUT2D eigenvalue weighted by Gasteiger charge is -2.39. The summed E-state index contributed by atoms with van der Waals surface area (Å²) < 4.78 is 0. The number of amides is 4. The van der Waals surface area contributed by atoms with Crippen LogP contribution >= 0.6 is 11.3 Å². The molecule has 2 aliphatic heterocycles. The van der Waals surface area contributed by atoms with Gasteiger partial charge >= 0.3 is 6.03 Å². The first kappa shape index (κ1) is 24.6. The van der Waals surface area contributed by atoms with Gasteiger partial charge in [0.05, 0.1) is 0 Å². The number of urea groups is 1. The average molecular weight is 499 g/mol. The quantitative estimate of drug-likeness (QED) is 0.360. The third-order valence-corrected chi connectivity index (χ3v) is 7.55. The molecule has 1 spiro atoms. The Morgan fingerprint density at radius 1 is 1.17 bits per heavy atom. The fraction of sp³-hybridized carbons (Fsp3) is 0.458. The van der Waals surface area contributed by atoms with Gasteiger partial charge in [0.1, 0.15) is 12.8 Å². The number of nitrogens with one attached hydrogen (secondary N) is 2. The first-order chi connectivity index (χ1) is 16.8. The number of rotatable bonds is 6. The number of likely N-dealkylation sites (tertiary alicyclic amines) is 2. The van der Waals surface area contributed by atoms with Crippen molar-refractivity contribution < 1.29 is 19.2 Å². The largest absolute Gasteiger partial charge is 0.398 e. The van der Waals surface area contributed by atoms with Gasteiger partial charge < -0.3 is 25.3 Å². The molecular formula is C24H30N6O4S. The van der Waals surface area contributed by atoms with Crippen molar-refractivity contribution in [2.75, 3.05) is 43.9 Å². The van der Waals surface area contributed by atoms with E-state index in [2.05, 4.69) is 26.8 Å². The topological polar surface area (TPSA) is 116 Å². The van der Waals surface area contributed by atoms with E-state index < -0.39 is 0 Å². The van der Waals surface area contributed by atoms with Gasteiger partial charge in [-0.25, -0.2) is 9.78 Å². The molecule has 2 fully saturated rings. The Labute approximate surface area is 208 Å². The smallest absolute Gasteiger partial charge is 0.321 e. The summed E-state index contributed by atoms with van der Waals surface area (Å²) in [5.74, 6) is -0.248. The molecule has 0 atom stereocenters. The van der Waals surface area contributed by atoms with Gasteiger partial charge in [-0.05, 0) is 50.2 Å². The van der Waals surface area contributed by atoms with Gasteiger partial charge in [-0.1, -0.05) is 22.9 Å². The van der Waals surface area contributed by atoms with Crippen LogP contribution in [-0.2, 0) is 14.4 Å². The zero-order chi connectivity index (χ0) is 25.0. The predicted octanol–water partition coefficient (Wildman–Crippen LogP) is 3.23. The Balaban J connectivity index is 1.36. The fourth-order valence-electron chi connectivity index (χ4n) is 4.78. The van der Waals surface area contributed by atoms with Gasteiger partial charge in [-0.2, -0.15) is 0 Å². The van der Waals surface area contributed by atoms with Crippen molar-refractivity contribution in [3.05, 3.63) is 40.4 Å². The number of hydrogen-bond acceptors (Lipinski definition) is 7. The van der Waals surface area contributed by atoms with E-state index in [0.717, 1.165) is 36.1 Å². The number of oxime groups is 1. The molecule has 0 unspecified atom stereocenters. The number of carbonyl (C=O) groups is 3. The molecule has 4 rings (SSSR count). The molecule has 11 heteroatoms. The van der Waals surface area contributed by atoms with Gasteiger partial charge in [-0.3, -0.25) is 9.59 Å². The Bertz CT molecular complexity index is 1140. The normalized spacial score (nSPS) is 17.4. The summed E-state index contributed by atoms with van der Waals surface area (Å²) in [5, 5.41) is 11.5. The van der Waals surface area contributed by atoms with Crippen LogP contribution < -0.4 is 10.6 Å². The van der Waals surface area contributed by atoms with E-state index in [-0.39, 0.29) is 23.1 Å². The summed E-state index contributed by atoms with van der Waals surface area (Å²) in [6.07, 6.45) is 3.08. The maximum Gasteiger partial charge on any atom is 0.321 e. The molecule has 3 heterocycles. The van der Waals surface area contributed by atoms with Gasteiger partial charge in [0.2, 0.25) is 6.41 Å². The molecule has 0 bridgehead atoms. The van der Waals surface area contributed by atoms with Crippen molar-refractivity contribution in [1.29, 1.82) is 0 Å². The molecule has 2 aliphatic rings. The molecule has 1 aromatic carbocycles. The summed E-state index contributed by atoms with van der Waals surface area (Å²) in [5.41, 5.74) is 3.50. The minimum absolute atomic E-state index is 0.0172. The highest BCUT2D eigenvalue weighted by Gasteiger charge is 2.44. The molecule has 0 radical (unpaired) electrons. The third-order valence-electron chi connectivity index (χ3n) is 6.77. The molecule has 1 aromatic heterocycles. The monoisotopic (exact) mass is 498 g/mol. The van der Waals surface area contributed by atoms with E-state index >= 15 is 0 Å². The highest BCUT2D eigenvalue weighted by molar-refractivity contribution is 7.14. The van der Waals surface area contributed by atoms with Crippen molar-refractivity contribution in [1.82, 2.24) is 14.8 Å². The fourth-order valence-corrected chi connectivity index (χ4v) is 5.44. The Morgan fingerprint density at radius 3 is 2.54 bits per heavy atom. The van der Waals surface area contributed by atoms with Crippen LogP contribution in [0.1, 0.15) is 36.1 Å². The van der Waals surface area contributed by atoms with Crippen LogP contribution in [0.2, 0.25) is 0 Å². The van der Waals surface area contributed by atoms with Gasteiger partial charge in [-0.15, -0.1) is 11.3 Å². The summed E-state index contributed by atoms with van der Waals surface area (Å²) in [6, 6.07) is 5.89. The molecule has 0 aliphatic carbocycles. The lowest BCUT2D eigenvalue weighted by Crippen LogP contribution is -2.46. The lowest BCUT2D eigenvalue weighted by atomic mass is 9.78. The van der Waals surface area contributed by atoms with Gasteiger partial charge in [0.15, 0.2) is 10.8 Å². The minimum Gasteiger partial charge on any atom is -0.398 e. The number of nitrogens with zero attached hydrogens (tertiary/aromatic N) is 4. The average Bonchev–Trinajstić information content (AvgIpc) is 3.47. The number of aryl methyl sites for hydroxylation is 2. The summed E-state index contributed by atoms with van der Waals surface area (Å²) in [4.78, 5) is 49.6. The van der Waals surface area contributed by atoms with Gasteiger partial charge in [0.25, 0.3) is 5.91 Å². The number of anilines is 2. The number of aromatic nitrogens is 1. The number of hydrogen-bond donors (Lipinski definition) is 2. The third kappa shape index (κ3) is 5.45. The molecule has 4 amide bonds. The van der Waals surface area contributed by atoms with E-state index in [9.17, 15) is 14.4 Å². The van der Waals surface area contributed by atoms with E-state index in [4.69, 9.17) is 4.84 Å². The molecule has 2 saturated heterocycles. The first-order valence-corrected chi connectivity index (χ1v) is 12.4. The van der Waals surface area contributed by atoms with Crippen molar-refractivity contribution in [3.8, 4) is 0 Å². The Morgan fingerprint density at radius 2 is 1.89 bits per heavy atom. The predicted molar refractivity (Wildman–Crippen MR) is 135 cm³/mol. The van der Waals surface area contributed by atoms with Crippen LogP contribution in [0.15, 0.2) is 28.7 Å². The standard InChI is InChI=1S/C24H30N6O4S/c1-16-4-5-18(17(2)12-16)27-23(33)29-9-6-24(7-10-29)8-11-30(14-24)21(32)20(28-34-3)19-13-35-22(26-19)25-15-31/h4-5,12-13,15H,6-11,14H2,1-3H3,(H,27,33)(H,25,26,31)/b28-20+. The number of thiazole rings is 1.